The van der Waals surface area contributed by atoms with Gasteiger partial charge in [-0.2, -0.15) is 0 Å². The molecule has 1 saturated heterocycles. The van der Waals surface area contributed by atoms with Crippen LogP contribution >= 0.6 is 15.9 Å². The van der Waals surface area contributed by atoms with Crippen molar-refractivity contribution in [2.24, 2.45) is 0 Å². The lowest BCUT2D eigenvalue weighted by molar-refractivity contribution is 0.0958. The summed E-state index contributed by atoms with van der Waals surface area (Å²) in [6, 6.07) is 6.94. The van der Waals surface area contributed by atoms with Crippen LogP contribution in [0, 0.1) is 0 Å². The number of nitrogens with zero attached hydrogens (tertiary/aromatic N) is 2. The van der Waals surface area contributed by atoms with Crippen LogP contribution in [-0.2, 0) is 6.54 Å². The van der Waals surface area contributed by atoms with Crippen molar-refractivity contribution in [2.75, 3.05) is 33.3 Å². The molecule has 0 unspecified atom stereocenters. The summed E-state index contributed by atoms with van der Waals surface area (Å²) in [6.07, 6.45) is 1.24. The highest BCUT2D eigenvalue weighted by atomic mass is 79.9. The predicted molar refractivity (Wildman–Crippen MR) is 87.3 cm³/mol. The molecule has 1 aromatic carbocycles. The summed E-state index contributed by atoms with van der Waals surface area (Å²) in [6.45, 7) is 10.2. The number of benzene rings is 1. The minimum Gasteiger partial charge on any atom is -0.496 e. The molecule has 1 aliphatic heterocycles. The van der Waals surface area contributed by atoms with Crippen molar-refractivity contribution >= 4 is 15.9 Å². The Morgan fingerprint density at radius 1 is 1.25 bits per heavy atom. The highest BCUT2D eigenvalue weighted by Gasteiger charge is 2.20. The Bertz CT molecular complexity index is 430. The third-order valence-electron chi connectivity index (χ3n) is 4.26. The molecule has 0 spiro atoms. The molecular formula is C16H25BrN2O. The molecule has 0 radical (unpaired) electrons. The highest BCUT2D eigenvalue weighted by molar-refractivity contribution is 9.10. The third-order valence-corrected chi connectivity index (χ3v) is 4.75. The lowest BCUT2D eigenvalue weighted by Gasteiger charge is -2.38. The first-order valence-electron chi connectivity index (χ1n) is 7.42. The van der Waals surface area contributed by atoms with Gasteiger partial charge in [0.25, 0.3) is 0 Å². The van der Waals surface area contributed by atoms with E-state index in [4.69, 9.17) is 4.74 Å². The molecule has 1 fully saturated rings. The van der Waals surface area contributed by atoms with Crippen LogP contribution < -0.4 is 4.74 Å². The largest absolute Gasteiger partial charge is 0.496 e. The number of methoxy groups -OCH3 is 1. The second-order valence-electron chi connectivity index (χ2n) is 5.53. The molecule has 20 heavy (non-hydrogen) atoms. The second-order valence-corrected chi connectivity index (χ2v) is 6.44. The van der Waals surface area contributed by atoms with Crippen molar-refractivity contribution in [1.82, 2.24) is 9.80 Å². The zero-order valence-corrected chi connectivity index (χ0v) is 14.3. The van der Waals surface area contributed by atoms with E-state index in [-0.39, 0.29) is 0 Å². The predicted octanol–water partition coefficient (Wildman–Crippen LogP) is 3.37. The molecule has 1 aromatic rings. The summed E-state index contributed by atoms with van der Waals surface area (Å²) < 4.78 is 6.58. The van der Waals surface area contributed by atoms with Crippen molar-refractivity contribution in [3.05, 3.63) is 28.2 Å². The van der Waals surface area contributed by atoms with E-state index < -0.39 is 0 Å². The first kappa shape index (κ1) is 15.8. The van der Waals surface area contributed by atoms with E-state index in [1.807, 2.05) is 12.1 Å². The number of hydrogen-bond acceptors (Lipinski definition) is 3. The summed E-state index contributed by atoms with van der Waals surface area (Å²) in [7, 11) is 1.74. The number of rotatable bonds is 5. The van der Waals surface area contributed by atoms with Gasteiger partial charge in [0.2, 0.25) is 0 Å². The van der Waals surface area contributed by atoms with Crippen LogP contribution in [0.2, 0.25) is 0 Å². The number of hydrogen-bond donors (Lipinski definition) is 0. The Balaban J connectivity index is 1.94. The van der Waals surface area contributed by atoms with Gasteiger partial charge in [0.1, 0.15) is 5.75 Å². The van der Waals surface area contributed by atoms with E-state index in [2.05, 4.69) is 45.6 Å². The first-order valence-corrected chi connectivity index (χ1v) is 8.22. The lowest BCUT2D eigenvalue weighted by Crippen LogP contribution is -2.49. The molecule has 3 nitrogen and oxygen atoms in total. The molecule has 2 rings (SSSR count). The number of piperazine rings is 1. The van der Waals surface area contributed by atoms with Gasteiger partial charge in [-0.1, -0.05) is 22.9 Å². The molecule has 1 atom stereocenters. The summed E-state index contributed by atoms with van der Waals surface area (Å²) in [5, 5.41) is 0. The van der Waals surface area contributed by atoms with E-state index in [9.17, 15) is 0 Å². The standard InChI is InChI=1S/C16H25BrN2O/c1-4-13(2)19-9-7-18(8-10-19)12-14-11-15(17)5-6-16(14)20-3/h5-6,11,13H,4,7-10,12H2,1-3H3/t13-/m1/s1. The van der Waals surface area contributed by atoms with Crippen LogP contribution in [0.25, 0.3) is 0 Å². The molecule has 0 aromatic heterocycles. The summed E-state index contributed by atoms with van der Waals surface area (Å²) >= 11 is 3.55. The normalized spacial score (nSPS) is 19.0. The van der Waals surface area contributed by atoms with Crippen LogP contribution in [0.4, 0.5) is 0 Å². The summed E-state index contributed by atoms with van der Waals surface area (Å²) in [5.41, 5.74) is 1.26. The third kappa shape index (κ3) is 3.96. The van der Waals surface area contributed by atoms with Crippen molar-refractivity contribution in [2.45, 2.75) is 32.9 Å². The number of ether oxygens (including phenoxy) is 1. The van der Waals surface area contributed by atoms with Crippen LogP contribution in [0.1, 0.15) is 25.8 Å². The monoisotopic (exact) mass is 340 g/mol. The Hall–Kier alpha value is -0.580. The fourth-order valence-electron chi connectivity index (χ4n) is 2.73. The molecule has 1 aliphatic rings. The van der Waals surface area contributed by atoms with Gasteiger partial charge in [-0.25, -0.2) is 0 Å². The van der Waals surface area contributed by atoms with Crippen LogP contribution in [-0.4, -0.2) is 49.1 Å². The van der Waals surface area contributed by atoms with Crippen molar-refractivity contribution in [3.8, 4) is 5.75 Å². The SMILES string of the molecule is CC[C@@H](C)N1CCN(Cc2cc(Br)ccc2OC)CC1. The maximum absolute atomic E-state index is 5.46. The lowest BCUT2D eigenvalue weighted by atomic mass is 10.1. The zero-order valence-electron chi connectivity index (χ0n) is 12.7. The first-order chi connectivity index (χ1) is 9.63. The highest BCUT2D eigenvalue weighted by Crippen LogP contribution is 2.24. The van der Waals surface area contributed by atoms with Gasteiger partial charge in [-0.3, -0.25) is 9.80 Å². The zero-order chi connectivity index (χ0) is 14.5. The van der Waals surface area contributed by atoms with E-state index in [1.165, 1.54) is 25.1 Å². The van der Waals surface area contributed by atoms with E-state index in [0.717, 1.165) is 29.9 Å². The fraction of sp³-hybridized carbons (Fsp3) is 0.625. The average molecular weight is 341 g/mol. The molecule has 0 N–H and O–H groups in total. The fourth-order valence-corrected chi connectivity index (χ4v) is 3.14. The smallest absolute Gasteiger partial charge is 0.123 e. The van der Waals surface area contributed by atoms with Crippen LogP contribution in [0.15, 0.2) is 22.7 Å². The maximum atomic E-state index is 5.46. The van der Waals surface area contributed by atoms with Gasteiger partial charge in [0.05, 0.1) is 7.11 Å². The molecular weight excluding hydrogens is 316 g/mol. The van der Waals surface area contributed by atoms with Gasteiger partial charge in [0.15, 0.2) is 0 Å². The van der Waals surface area contributed by atoms with Gasteiger partial charge in [-0.15, -0.1) is 0 Å². The van der Waals surface area contributed by atoms with Gasteiger partial charge in [0, 0.05) is 48.8 Å². The summed E-state index contributed by atoms with van der Waals surface area (Å²) in [5.74, 6) is 0.984. The maximum Gasteiger partial charge on any atom is 0.123 e. The van der Waals surface area contributed by atoms with Crippen molar-refractivity contribution in [3.63, 3.8) is 0 Å². The molecule has 1 heterocycles. The quantitative estimate of drug-likeness (QED) is 0.817. The molecule has 0 amide bonds. The molecule has 112 valence electrons. The van der Waals surface area contributed by atoms with Crippen LogP contribution in [0.5, 0.6) is 5.75 Å². The second kappa shape index (κ2) is 7.43. The van der Waals surface area contributed by atoms with Crippen molar-refractivity contribution < 1.29 is 4.74 Å². The minimum absolute atomic E-state index is 0.706. The Labute approximate surface area is 131 Å². The topological polar surface area (TPSA) is 15.7 Å². The molecule has 4 heteroatoms. The molecule has 0 saturated carbocycles. The Morgan fingerprint density at radius 2 is 1.95 bits per heavy atom. The molecule has 0 bridgehead atoms. The van der Waals surface area contributed by atoms with E-state index in [1.54, 1.807) is 7.11 Å². The van der Waals surface area contributed by atoms with E-state index in [0.29, 0.717) is 6.04 Å². The minimum atomic E-state index is 0.706. The van der Waals surface area contributed by atoms with Crippen molar-refractivity contribution in [1.29, 1.82) is 0 Å². The number of halogens is 1. The van der Waals surface area contributed by atoms with Gasteiger partial charge < -0.3 is 4.74 Å². The molecule has 0 aliphatic carbocycles. The summed E-state index contributed by atoms with van der Waals surface area (Å²) in [4.78, 5) is 5.11. The van der Waals surface area contributed by atoms with Gasteiger partial charge >= 0.3 is 0 Å². The Morgan fingerprint density at radius 3 is 2.55 bits per heavy atom. The average Bonchev–Trinajstić information content (AvgIpc) is 2.47. The van der Waals surface area contributed by atoms with Gasteiger partial charge in [-0.05, 0) is 31.5 Å². The Kier molecular flexibility index (Phi) is 5.87. The van der Waals surface area contributed by atoms with Crippen LogP contribution in [0.3, 0.4) is 0 Å². The van der Waals surface area contributed by atoms with E-state index >= 15 is 0 Å².